The molecule has 0 aliphatic heterocycles. The van der Waals surface area contributed by atoms with E-state index in [0.29, 0.717) is 0 Å². The van der Waals surface area contributed by atoms with E-state index in [1.54, 1.807) is 11.3 Å². The Morgan fingerprint density at radius 2 is 2.12 bits per heavy atom. The number of thiazole rings is 1. The second kappa shape index (κ2) is 5.17. The molecule has 0 aliphatic carbocycles. The number of rotatable bonds is 3. The lowest BCUT2D eigenvalue weighted by molar-refractivity contribution is 0.814. The van der Waals surface area contributed by atoms with Crippen molar-refractivity contribution in [3.05, 3.63) is 39.9 Å². The van der Waals surface area contributed by atoms with Crippen LogP contribution in [-0.2, 0) is 6.42 Å². The van der Waals surface area contributed by atoms with Crippen LogP contribution < -0.4 is 5.73 Å². The van der Waals surface area contributed by atoms with E-state index in [0.717, 1.165) is 32.6 Å². The molecule has 1 atom stereocenters. The van der Waals surface area contributed by atoms with E-state index in [1.165, 1.54) is 0 Å². The van der Waals surface area contributed by atoms with Crippen LogP contribution in [0.15, 0.2) is 24.3 Å². The number of nitrogens with two attached hydrogens (primary N) is 1. The van der Waals surface area contributed by atoms with Crippen molar-refractivity contribution in [2.75, 3.05) is 0 Å². The van der Waals surface area contributed by atoms with Gasteiger partial charge in [-0.1, -0.05) is 36.7 Å². The molecule has 2 N–H and O–H groups in total. The van der Waals surface area contributed by atoms with Gasteiger partial charge in [-0.2, -0.15) is 0 Å². The van der Waals surface area contributed by atoms with Crippen LogP contribution in [-0.4, -0.2) is 4.98 Å². The molecular weight excluding hydrogens is 252 g/mol. The van der Waals surface area contributed by atoms with Crippen LogP contribution in [0.1, 0.15) is 30.5 Å². The molecule has 17 heavy (non-hydrogen) atoms. The molecule has 0 aliphatic rings. The highest BCUT2D eigenvalue weighted by atomic mass is 35.5. The molecule has 0 saturated heterocycles. The van der Waals surface area contributed by atoms with Crippen molar-refractivity contribution in [2.45, 2.75) is 26.3 Å². The highest BCUT2D eigenvalue weighted by Gasteiger charge is 2.15. The fraction of sp³-hybridized carbons (Fsp3) is 0.308. The molecule has 90 valence electrons. The van der Waals surface area contributed by atoms with E-state index in [1.807, 2.05) is 31.2 Å². The quantitative estimate of drug-likeness (QED) is 0.910. The molecule has 0 amide bonds. The van der Waals surface area contributed by atoms with Gasteiger partial charge in [0.25, 0.3) is 0 Å². The van der Waals surface area contributed by atoms with E-state index >= 15 is 0 Å². The Kier molecular flexibility index (Phi) is 3.82. The number of benzene rings is 1. The van der Waals surface area contributed by atoms with Crippen LogP contribution in [0.25, 0.3) is 10.6 Å². The van der Waals surface area contributed by atoms with E-state index in [9.17, 15) is 0 Å². The summed E-state index contributed by atoms with van der Waals surface area (Å²) < 4.78 is 0. The van der Waals surface area contributed by atoms with E-state index < -0.39 is 0 Å². The van der Waals surface area contributed by atoms with Gasteiger partial charge in [0.1, 0.15) is 5.01 Å². The van der Waals surface area contributed by atoms with Crippen molar-refractivity contribution in [1.29, 1.82) is 0 Å². The van der Waals surface area contributed by atoms with Crippen molar-refractivity contribution < 1.29 is 0 Å². The minimum atomic E-state index is 0.0266. The van der Waals surface area contributed by atoms with E-state index in [4.69, 9.17) is 17.3 Å². The zero-order valence-corrected chi connectivity index (χ0v) is 11.5. The van der Waals surface area contributed by atoms with Crippen LogP contribution in [0.5, 0.6) is 0 Å². The normalized spacial score (nSPS) is 12.7. The third kappa shape index (κ3) is 2.51. The molecule has 4 heteroatoms. The minimum Gasteiger partial charge on any atom is -0.323 e. The predicted octanol–water partition coefficient (Wildman–Crippen LogP) is 4.05. The molecule has 0 fully saturated rings. The van der Waals surface area contributed by atoms with E-state index in [-0.39, 0.29) is 6.04 Å². The van der Waals surface area contributed by atoms with Crippen molar-refractivity contribution in [3.8, 4) is 10.6 Å². The van der Waals surface area contributed by atoms with Crippen LogP contribution in [0, 0.1) is 0 Å². The zero-order valence-electron chi connectivity index (χ0n) is 9.90. The number of aromatic nitrogens is 1. The number of nitrogens with zero attached hydrogens (tertiary/aromatic N) is 1. The lowest BCUT2D eigenvalue weighted by Gasteiger charge is -2.01. The lowest BCUT2D eigenvalue weighted by atomic mass is 10.2. The highest BCUT2D eigenvalue weighted by Crippen LogP contribution is 2.34. The van der Waals surface area contributed by atoms with Gasteiger partial charge in [0.05, 0.1) is 10.7 Å². The van der Waals surface area contributed by atoms with Crippen molar-refractivity contribution in [1.82, 2.24) is 4.98 Å². The Labute approximate surface area is 110 Å². The highest BCUT2D eigenvalue weighted by molar-refractivity contribution is 7.15. The first-order valence-corrected chi connectivity index (χ1v) is 6.83. The fourth-order valence-corrected chi connectivity index (χ4v) is 3.15. The third-order valence-corrected chi connectivity index (χ3v) is 4.24. The summed E-state index contributed by atoms with van der Waals surface area (Å²) >= 11 is 7.82. The van der Waals surface area contributed by atoms with Crippen LogP contribution in [0.3, 0.4) is 0 Å². The van der Waals surface area contributed by atoms with Crippen LogP contribution >= 0.6 is 22.9 Å². The first kappa shape index (κ1) is 12.6. The van der Waals surface area contributed by atoms with E-state index in [2.05, 4.69) is 11.9 Å². The summed E-state index contributed by atoms with van der Waals surface area (Å²) in [5.74, 6) is 0. The minimum absolute atomic E-state index is 0.0266. The Balaban J connectivity index is 2.51. The summed E-state index contributed by atoms with van der Waals surface area (Å²) in [7, 11) is 0. The van der Waals surface area contributed by atoms with Gasteiger partial charge >= 0.3 is 0 Å². The topological polar surface area (TPSA) is 38.9 Å². The summed E-state index contributed by atoms with van der Waals surface area (Å²) in [5.41, 5.74) is 8.03. The van der Waals surface area contributed by atoms with Crippen LogP contribution in [0.2, 0.25) is 5.02 Å². The van der Waals surface area contributed by atoms with Gasteiger partial charge in [0, 0.05) is 16.5 Å². The van der Waals surface area contributed by atoms with Gasteiger partial charge in [0.2, 0.25) is 0 Å². The Morgan fingerprint density at radius 3 is 2.65 bits per heavy atom. The van der Waals surface area contributed by atoms with Crippen molar-refractivity contribution in [2.24, 2.45) is 5.73 Å². The largest absolute Gasteiger partial charge is 0.323 e. The molecule has 2 rings (SSSR count). The molecule has 2 aromatic rings. The molecular formula is C13H15ClN2S. The predicted molar refractivity (Wildman–Crippen MR) is 74.5 cm³/mol. The van der Waals surface area contributed by atoms with Gasteiger partial charge in [-0.25, -0.2) is 4.98 Å². The Bertz CT molecular complexity index is 520. The zero-order chi connectivity index (χ0) is 12.4. The smallest absolute Gasteiger partial charge is 0.125 e. The molecule has 0 bridgehead atoms. The lowest BCUT2D eigenvalue weighted by Crippen LogP contribution is -2.05. The van der Waals surface area contributed by atoms with Gasteiger partial charge in [-0.05, 0) is 19.4 Å². The number of aryl methyl sites for hydroxylation is 1. The molecule has 2 nitrogen and oxygen atoms in total. The molecule has 1 aromatic carbocycles. The van der Waals surface area contributed by atoms with Crippen LogP contribution in [0.4, 0.5) is 0 Å². The summed E-state index contributed by atoms with van der Waals surface area (Å²) in [6.07, 6.45) is 0.901. The first-order valence-electron chi connectivity index (χ1n) is 5.63. The summed E-state index contributed by atoms with van der Waals surface area (Å²) in [6, 6.07) is 7.80. The average Bonchev–Trinajstić information content (AvgIpc) is 2.73. The number of halogens is 1. The molecule has 1 unspecified atom stereocenters. The molecule has 0 spiro atoms. The van der Waals surface area contributed by atoms with Gasteiger partial charge in [-0.15, -0.1) is 11.3 Å². The van der Waals surface area contributed by atoms with Gasteiger partial charge in [-0.3, -0.25) is 0 Å². The standard InChI is InChI=1S/C13H15ClN2S/c1-3-11-12(8(2)15)17-13(16-11)9-6-4-5-7-10(9)14/h4-8H,3,15H2,1-2H3. The molecule has 0 radical (unpaired) electrons. The summed E-state index contributed by atoms with van der Waals surface area (Å²) in [6.45, 7) is 4.08. The number of hydrogen-bond acceptors (Lipinski definition) is 3. The Morgan fingerprint density at radius 1 is 1.41 bits per heavy atom. The first-order chi connectivity index (χ1) is 8.13. The SMILES string of the molecule is CCc1nc(-c2ccccc2Cl)sc1C(C)N. The average molecular weight is 267 g/mol. The third-order valence-electron chi connectivity index (χ3n) is 2.58. The summed E-state index contributed by atoms with van der Waals surface area (Å²) in [4.78, 5) is 5.79. The van der Waals surface area contributed by atoms with Gasteiger partial charge < -0.3 is 5.73 Å². The Hall–Kier alpha value is -0.900. The molecule has 1 heterocycles. The maximum Gasteiger partial charge on any atom is 0.125 e. The van der Waals surface area contributed by atoms with Crippen molar-refractivity contribution in [3.63, 3.8) is 0 Å². The van der Waals surface area contributed by atoms with Gasteiger partial charge in [0.15, 0.2) is 0 Å². The maximum absolute atomic E-state index is 6.18. The van der Waals surface area contributed by atoms with Crippen molar-refractivity contribution >= 4 is 22.9 Å². The number of hydrogen-bond donors (Lipinski definition) is 1. The second-order valence-corrected chi connectivity index (χ2v) is 5.39. The molecule has 1 aromatic heterocycles. The summed E-state index contributed by atoms with van der Waals surface area (Å²) in [5, 5.41) is 1.69. The molecule has 0 saturated carbocycles. The fourth-order valence-electron chi connectivity index (χ4n) is 1.72. The second-order valence-electron chi connectivity index (χ2n) is 3.95. The monoisotopic (exact) mass is 266 g/mol. The maximum atomic E-state index is 6.18.